The minimum Gasteiger partial charge on any atom is -0.491 e. The lowest BCUT2D eigenvalue weighted by atomic mass is 9.83. The van der Waals surface area contributed by atoms with E-state index >= 15 is 0 Å². The van der Waals surface area contributed by atoms with Gasteiger partial charge in [-0.2, -0.15) is 10.5 Å². The number of carboxylic acid groups (broad SMARTS) is 1. The third-order valence-corrected chi connectivity index (χ3v) is 6.08. The number of rotatable bonds is 7. The van der Waals surface area contributed by atoms with Gasteiger partial charge < -0.3 is 9.84 Å². The highest BCUT2D eigenvalue weighted by atomic mass is 35.5. The van der Waals surface area contributed by atoms with E-state index in [1.54, 1.807) is 38.1 Å². The molecule has 0 aliphatic heterocycles. The summed E-state index contributed by atoms with van der Waals surface area (Å²) in [4.78, 5) is 32.8. The van der Waals surface area contributed by atoms with Gasteiger partial charge in [-0.25, -0.2) is 14.8 Å². The van der Waals surface area contributed by atoms with Crippen LogP contribution >= 0.6 is 11.6 Å². The second-order valence-electron chi connectivity index (χ2n) is 8.77. The second-order valence-corrected chi connectivity index (χ2v) is 9.21. The number of pyridine rings is 1. The van der Waals surface area contributed by atoms with Crippen LogP contribution in [0.2, 0.25) is 5.02 Å². The molecule has 2 aromatic heterocycles. The number of aromatic nitrogens is 3. The molecule has 4 rings (SSSR count). The zero-order chi connectivity index (χ0) is 26.7. The predicted octanol–water partition coefficient (Wildman–Crippen LogP) is 4.56. The Morgan fingerprint density at radius 1 is 1.16 bits per heavy atom. The van der Waals surface area contributed by atoms with Gasteiger partial charge in [-0.15, -0.1) is 0 Å². The van der Waals surface area contributed by atoms with Gasteiger partial charge in [0, 0.05) is 10.6 Å². The Kier molecular flexibility index (Phi) is 6.92. The van der Waals surface area contributed by atoms with E-state index in [0.29, 0.717) is 33.0 Å². The van der Waals surface area contributed by atoms with E-state index in [-0.39, 0.29) is 35.4 Å². The molecule has 0 bridgehead atoms. The van der Waals surface area contributed by atoms with Crippen LogP contribution in [-0.4, -0.2) is 32.2 Å². The SMILES string of the molecule is CC(C)(C#N)c1cc(C(=O)O)cc(-c2cc(Cl)ccc2OCCn2cnc3cnc(C#N)cc3c2=O)c1. The van der Waals surface area contributed by atoms with Crippen LogP contribution in [0.5, 0.6) is 5.75 Å². The summed E-state index contributed by atoms with van der Waals surface area (Å²) in [5.41, 5.74) is 0.879. The highest BCUT2D eigenvalue weighted by Gasteiger charge is 2.23. The van der Waals surface area contributed by atoms with Gasteiger partial charge in [0.05, 0.1) is 47.0 Å². The quantitative estimate of drug-likeness (QED) is 0.379. The summed E-state index contributed by atoms with van der Waals surface area (Å²) in [7, 11) is 0. The molecule has 0 saturated carbocycles. The zero-order valence-corrected chi connectivity index (χ0v) is 20.7. The number of hydrogen-bond acceptors (Lipinski definition) is 7. The summed E-state index contributed by atoms with van der Waals surface area (Å²) in [6.45, 7) is 3.67. The number of nitrogens with zero attached hydrogens (tertiary/aromatic N) is 5. The normalized spacial score (nSPS) is 11.1. The number of hydrogen-bond donors (Lipinski definition) is 1. The molecule has 0 aliphatic carbocycles. The van der Waals surface area contributed by atoms with Gasteiger partial charge in [-0.05, 0) is 67.4 Å². The van der Waals surface area contributed by atoms with Crippen molar-refractivity contribution in [2.24, 2.45) is 0 Å². The lowest BCUT2D eigenvalue weighted by Crippen LogP contribution is -2.23. The molecular formula is C27H20ClN5O4. The molecule has 0 spiro atoms. The van der Waals surface area contributed by atoms with Gasteiger partial charge in [-0.1, -0.05) is 11.6 Å². The van der Waals surface area contributed by atoms with Crippen LogP contribution in [0.1, 0.15) is 35.5 Å². The highest BCUT2D eigenvalue weighted by Crippen LogP contribution is 2.36. The van der Waals surface area contributed by atoms with Crippen molar-refractivity contribution in [2.45, 2.75) is 25.8 Å². The van der Waals surface area contributed by atoms with Gasteiger partial charge >= 0.3 is 5.97 Å². The maximum atomic E-state index is 12.9. The van der Waals surface area contributed by atoms with Crippen molar-refractivity contribution in [3.63, 3.8) is 0 Å². The van der Waals surface area contributed by atoms with Crippen molar-refractivity contribution in [3.8, 4) is 29.0 Å². The summed E-state index contributed by atoms with van der Waals surface area (Å²) < 4.78 is 7.36. The fourth-order valence-corrected chi connectivity index (χ4v) is 3.89. The molecule has 10 heteroatoms. The van der Waals surface area contributed by atoms with Crippen molar-refractivity contribution >= 4 is 28.5 Å². The topological polar surface area (TPSA) is 142 Å². The average molecular weight is 514 g/mol. The first-order valence-corrected chi connectivity index (χ1v) is 11.5. The lowest BCUT2D eigenvalue weighted by molar-refractivity contribution is 0.0696. The van der Waals surface area contributed by atoms with E-state index in [2.05, 4.69) is 16.0 Å². The molecule has 0 atom stereocenters. The van der Waals surface area contributed by atoms with Crippen LogP contribution in [0.15, 0.2) is 59.8 Å². The Bertz CT molecular complexity index is 1680. The molecule has 0 aliphatic rings. The molecule has 2 heterocycles. The first-order valence-electron chi connectivity index (χ1n) is 11.1. The van der Waals surface area contributed by atoms with E-state index in [9.17, 15) is 20.0 Å². The number of aromatic carboxylic acids is 1. The van der Waals surface area contributed by atoms with Crippen molar-refractivity contribution in [3.05, 3.63) is 87.2 Å². The van der Waals surface area contributed by atoms with E-state index in [0.717, 1.165) is 0 Å². The molecule has 37 heavy (non-hydrogen) atoms. The van der Waals surface area contributed by atoms with Crippen LogP contribution in [0.3, 0.4) is 0 Å². The Hall–Kier alpha value is -4.73. The number of nitriles is 2. The third kappa shape index (κ3) is 5.27. The smallest absolute Gasteiger partial charge is 0.335 e. The summed E-state index contributed by atoms with van der Waals surface area (Å²) in [5, 5.41) is 29.0. The molecule has 0 unspecified atom stereocenters. The largest absolute Gasteiger partial charge is 0.491 e. The number of ether oxygens (including phenoxy) is 1. The van der Waals surface area contributed by atoms with Crippen molar-refractivity contribution in [2.75, 3.05) is 6.61 Å². The van der Waals surface area contributed by atoms with Crippen LogP contribution in [0, 0.1) is 22.7 Å². The molecule has 0 saturated heterocycles. The maximum Gasteiger partial charge on any atom is 0.335 e. The number of benzene rings is 2. The molecule has 1 N–H and O–H groups in total. The van der Waals surface area contributed by atoms with E-state index < -0.39 is 11.4 Å². The molecule has 184 valence electrons. The van der Waals surface area contributed by atoms with Crippen LogP contribution in [0.25, 0.3) is 22.0 Å². The molecule has 0 amide bonds. The van der Waals surface area contributed by atoms with Crippen LogP contribution in [-0.2, 0) is 12.0 Å². The van der Waals surface area contributed by atoms with Crippen molar-refractivity contribution < 1.29 is 14.6 Å². The van der Waals surface area contributed by atoms with Crippen LogP contribution in [0.4, 0.5) is 0 Å². The summed E-state index contributed by atoms with van der Waals surface area (Å²) in [6.07, 6.45) is 2.76. The zero-order valence-electron chi connectivity index (χ0n) is 19.9. The molecule has 2 aromatic carbocycles. The molecular weight excluding hydrogens is 494 g/mol. The van der Waals surface area contributed by atoms with Gasteiger partial charge in [0.2, 0.25) is 0 Å². The highest BCUT2D eigenvalue weighted by molar-refractivity contribution is 6.31. The minimum absolute atomic E-state index is 0.0294. The van der Waals surface area contributed by atoms with Crippen molar-refractivity contribution in [1.82, 2.24) is 14.5 Å². The monoisotopic (exact) mass is 513 g/mol. The van der Waals surface area contributed by atoms with Gasteiger partial charge in [-0.3, -0.25) is 9.36 Å². The number of halogens is 1. The van der Waals surface area contributed by atoms with Gasteiger partial charge in [0.25, 0.3) is 5.56 Å². The van der Waals surface area contributed by atoms with Gasteiger partial charge in [0.1, 0.15) is 24.1 Å². The second kappa shape index (κ2) is 10.1. The van der Waals surface area contributed by atoms with E-state index in [4.69, 9.17) is 21.6 Å². The fourth-order valence-electron chi connectivity index (χ4n) is 3.72. The van der Waals surface area contributed by atoms with Crippen LogP contribution < -0.4 is 10.3 Å². The third-order valence-electron chi connectivity index (χ3n) is 5.85. The first kappa shape index (κ1) is 25.4. The standard InChI is InChI=1S/C27H20ClN5O4/c1-27(2,14-30)18-8-16(7-17(9-18)26(35)36)21-10-19(28)3-4-24(21)37-6-5-33-15-32-23-13-31-20(12-29)11-22(23)25(33)34/h3-4,7-11,13,15H,5-6H2,1-2H3,(H,35,36). The Morgan fingerprint density at radius 2 is 1.95 bits per heavy atom. The Morgan fingerprint density at radius 3 is 2.65 bits per heavy atom. The molecule has 4 aromatic rings. The average Bonchev–Trinajstić information content (AvgIpc) is 2.90. The summed E-state index contributed by atoms with van der Waals surface area (Å²) in [6, 6.07) is 15.2. The maximum absolute atomic E-state index is 12.9. The predicted molar refractivity (Wildman–Crippen MR) is 136 cm³/mol. The van der Waals surface area contributed by atoms with E-state index in [1.165, 1.54) is 35.3 Å². The fraction of sp³-hybridized carbons (Fsp3) is 0.185. The first-order chi connectivity index (χ1) is 17.6. The Labute approximate surface area is 216 Å². The van der Waals surface area contributed by atoms with E-state index in [1.807, 2.05) is 6.07 Å². The molecule has 0 fully saturated rings. The van der Waals surface area contributed by atoms with Gasteiger partial charge in [0.15, 0.2) is 0 Å². The number of carbonyl (C=O) groups is 1. The molecule has 0 radical (unpaired) electrons. The lowest BCUT2D eigenvalue weighted by Gasteiger charge is -2.19. The van der Waals surface area contributed by atoms with Crippen molar-refractivity contribution in [1.29, 1.82) is 10.5 Å². The Balaban J connectivity index is 1.67. The number of carboxylic acids is 1. The minimum atomic E-state index is -1.13. The summed E-state index contributed by atoms with van der Waals surface area (Å²) in [5.74, 6) is -0.704. The number of fused-ring (bicyclic) bond motifs is 1. The molecule has 9 nitrogen and oxygen atoms in total. The summed E-state index contributed by atoms with van der Waals surface area (Å²) >= 11 is 6.25.